The number of hydrogen-bond acceptors (Lipinski definition) is 3. The van der Waals surface area contributed by atoms with Crippen molar-refractivity contribution < 1.29 is 13.5 Å². The second-order valence-corrected chi connectivity index (χ2v) is 7.81. The quantitative estimate of drug-likeness (QED) is 0.837. The Bertz CT molecular complexity index is 599. The van der Waals surface area contributed by atoms with E-state index in [4.69, 9.17) is 0 Å². The number of halogens is 1. The fourth-order valence-electron chi connectivity index (χ4n) is 2.21. The highest BCUT2D eigenvalue weighted by Gasteiger charge is 2.35. The van der Waals surface area contributed by atoms with Crippen molar-refractivity contribution in [1.29, 1.82) is 0 Å². The molecule has 0 spiro atoms. The van der Waals surface area contributed by atoms with Crippen LogP contribution in [0.25, 0.3) is 0 Å². The van der Waals surface area contributed by atoms with Crippen LogP contribution in [0.15, 0.2) is 58.3 Å². The lowest BCUT2D eigenvalue weighted by atomic mass is 10.2. The van der Waals surface area contributed by atoms with Crippen molar-refractivity contribution in [2.24, 2.45) is 0 Å². The second kappa shape index (κ2) is 4.83. The molecule has 2 nitrogen and oxygen atoms in total. The van der Waals surface area contributed by atoms with Crippen LogP contribution in [0.1, 0.15) is 10.8 Å². The monoisotopic (exact) mass is 296 g/mol. The van der Waals surface area contributed by atoms with Crippen LogP contribution in [0.3, 0.4) is 0 Å². The summed E-state index contributed by atoms with van der Waals surface area (Å²) >= 11 is 1.54. The molecule has 100 valence electrons. The van der Waals surface area contributed by atoms with Crippen LogP contribution in [0.4, 0.5) is 4.39 Å². The second-order valence-electron chi connectivity index (χ2n) is 4.43. The first kappa shape index (κ1) is 13.0. The Kier molecular flexibility index (Phi) is 3.30. The minimum atomic E-state index is -2.68. The van der Waals surface area contributed by atoms with Crippen molar-refractivity contribution >= 4 is 22.4 Å². The van der Waals surface area contributed by atoms with E-state index in [1.54, 1.807) is 18.2 Å². The van der Waals surface area contributed by atoms with Gasteiger partial charge >= 0.3 is 0 Å². The van der Waals surface area contributed by atoms with Gasteiger partial charge in [-0.3, -0.25) is 9.11 Å². The topological polar surface area (TPSA) is 40.5 Å². The van der Waals surface area contributed by atoms with Gasteiger partial charge < -0.3 is 0 Å². The van der Waals surface area contributed by atoms with Crippen LogP contribution in [-0.4, -0.2) is 14.9 Å². The summed E-state index contributed by atoms with van der Waals surface area (Å²) in [5.41, 5.74) is 0.969. The number of thioether (sulfide) groups is 1. The van der Waals surface area contributed by atoms with E-state index in [1.807, 2.05) is 18.2 Å². The molecule has 0 saturated heterocycles. The van der Waals surface area contributed by atoms with Crippen LogP contribution in [0.2, 0.25) is 0 Å². The van der Waals surface area contributed by atoms with Gasteiger partial charge in [-0.2, -0.15) is 10.6 Å². The van der Waals surface area contributed by atoms with E-state index in [2.05, 4.69) is 0 Å². The van der Waals surface area contributed by atoms with Gasteiger partial charge in [-0.1, -0.05) is 18.2 Å². The third-order valence-corrected chi connectivity index (χ3v) is 6.43. The zero-order chi connectivity index (χ0) is 13.5. The van der Waals surface area contributed by atoms with Crippen LogP contribution in [0, 0.1) is 5.82 Å². The van der Waals surface area contributed by atoms with E-state index in [-0.39, 0.29) is 11.1 Å². The maximum absolute atomic E-state index is 12.9. The Labute approximate surface area is 117 Å². The van der Waals surface area contributed by atoms with E-state index in [0.717, 1.165) is 10.5 Å². The summed E-state index contributed by atoms with van der Waals surface area (Å²) in [7, 11) is -2.68. The molecule has 1 atom stereocenters. The predicted octanol–water partition coefficient (Wildman–Crippen LogP) is 4.78. The van der Waals surface area contributed by atoms with Crippen LogP contribution in [0.5, 0.6) is 0 Å². The van der Waals surface area contributed by atoms with E-state index in [0.29, 0.717) is 10.6 Å². The van der Waals surface area contributed by atoms with E-state index in [9.17, 15) is 13.5 Å². The summed E-state index contributed by atoms with van der Waals surface area (Å²) in [5.74, 6) is 0.0643. The molecule has 1 unspecified atom stereocenters. The molecule has 0 aliphatic carbocycles. The highest BCUT2D eigenvalue weighted by atomic mass is 32.3. The van der Waals surface area contributed by atoms with E-state index in [1.165, 1.54) is 23.9 Å². The number of fused-ring (bicyclic) bond motifs is 1. The zero-order valence-electron chi connectivity index (χ0n) is 9.99. The van der Waals surface area contributed by atoms with Gasteiger partial charge in [0.15, 0.2) is 0 Å². The van der Waals surface area contributed by atoms with Crippen molar-refractivity contribution in [3.05, 3.63) is 59.9 Å². The van der Waals surface area contributed by atoms with Crippen molar-refractivity contribution in [2.75, 3.05) is 5.75 Å². The van der Waals surface area contributed by atoms with Gasteiger partial charge in [0.1, 0.15) is 5.82 Å². The average Bonchev–Trinajstić information content (AvgIpc) is 2.65. The van der Waals surface area contributed by atoms with Gasteiger partial charge in [0, 0.05) is 4.90 Å². The largest absolute Gasteiger partial charge is 0.295 e. The fraction of sp³-hybridized carbons (Fsp3) is 0.143. The van der Waals surface area contributed by atoms with Gasteiger partial charge in [-0.15, -0.1) is 11.8 Å². The summed E-state index contributed by atoms with van der Waals surface area (Å²) in [6.07, 6.45) is 0. The van der Waals surface area contributed by atoms with Crippen LogP contribution >= 0.6 is 22.4 Å². The van der Waals surface area contributed by atoms with E-state index >= 15 is 0 Å². The maximum atomic E-state index is 12.9. The summed E-state index contributed by atoms with van der Waals surface area (Å²) in [6, 6.07) is 13.7. The molecule has 1 heterocycles. The average molecular weight is 296 g/mol. The first-order chi connectivity index (χ1) is 9.06. The Morgan fingerprint density at radius 1 is 1.05 bits per heavy atom. The smallest absolute Gasteiger partial charge is 0.123 e. The molecule has 5 heteroatoms. The SMILES string of the molecule is OS1(O)CC(Sc2ccc(F)cc2)c2ccccc21. The Morgan fingerprint density at radius 3 is 2.47 bits per heavy atom. The molecule has 0 bridgehead atoms. The van der Waals surface area contributed by atoms with Gasteiger partial charge in [0.05, 0.1) is 15.9 Å². The standard InChI is InChI=1S/C14H13FO2S2/c15-10-5-7-11(8-6-10)18-13-9-19(16,17)14-4-2-1-3-12(13)14/h1-8,13,16-17H,9H2. The molecule has 0 radical (unpaired) electrons. The molecule has 3 rings (SSSR count). The van der Waals surface area contributed by atoms with Gasteiger partial charge in [-0.25, -0.2) is 4.39 Å². The molecular weight excluding hydrogens is 283 g/mol. The fourth-order valence-corrected chi connectivity index (χ4v) is 5.75. The summed E-state index contributed by atoms with van der Waals surface area (Å²) < 4.78 is 33.1. The van der Waals surface area contributed by atoms with Gasteiger partial charge in [0.2, 0.25) is 0 Å². The van der Waals surface area contributed by atoms with Crippen molar-refractivity contribution in [3.8, 4) is 0 Å². The first-order valence-electron chi connectivity index (χ1n) is 5.83. The molecule has 19 heavy (non-hydrogen) atoms. The van der Waals surface area contributed by atoms with Crippen LogP contribution < -0.4 is 0 Å². The molecule has 1 aliphatic rings. The van der Waals surface area contributed by atoms with Gasteiger partial charge in [-0.05, 0) is 35.9 Å². The molecule has 2 aromatic rings. The van der Waals surface area contributed by atoms with E-state index < -0.39 is 10.6 Å². The third-order valence-electron chi connectivity index (χ3n) is 3.09. The predicted molar refractivity (Wildman–Crippen MR) is 77.4 cm³/mol. The number of hydrogen-bond donors (Lipinski definition) is 2. The maximum Gasteiger partial charge on any atom is 0.123 e. The lowest BCUT2D eigenvalue weighted by Gasteiger charge is -2.27. The summed E-state index contributed by atoms with van der Waals surface area (Å²) in [6.45, 7) is 0. The lowest BCUT2D eigenvalue weighted by Crippen LogP contribution is -1.98. The highest BCUT2D eigenvalue weighted by Crippen LogP contribution is 2.62. The Balaban J connectivity index is 1.89. The van der Waals surface area contributed by atoms with Crippen molar-refractivity contribution in [3.63, 3.8) is 0 Å². The van der Waals surface area contributed by atoms with Crippen molar-refractivity contribution in [2.45, 2.75) is 15.0 Å². The summed E-state index contributed by atoms with van der Waals surface area (Å²) in [5, 5.41) is 0.00617. The zero-order valence-corrected chi connectivity index (χ0v) is 11.6. The molecule has 0 saturated carbocycles. The molecule has 0 fully saturated rings. The normalized spacial score (nSPS) is 21.9. The molecule has 2 aromatic carbocycles. The minimum absolute atomic E-state index is 0.00617. The third kappa shape index (κ3) is 2.51. The van der Waals surface area contributed by atoms with Crippen LogP contribution in [-0.2, 0) is 0 Å². The highest BCUT2D eigenvalue weighted by molar-refractivity contribution is 8.25. The molecule has 0 amide bonds. The number of benzene rings is 2. The minimum Gasteiger partial charge on any atom is -0.295 e. The first-order valence-corrected chi connectivity index (χ1v) is 8.43. The molecular formula is C14H13FO2S2. The molecule has 1 aliphatic heterocycles. The Morgan fingerprint density at radius 2 is 1.74 bits per heavy atom. The summed E-state index contributed by atoms with van der Waals surface area (Å²) in [4.78, 5) is 1.58. The van der Waals surface area contributed by atoms with Gasteiger partial charge in [0.25, 0.3) is 0 Å². The molecule has 2 N–H and O–H groups in total. The van der Waals surface area contributed by atoms with Crippen molar-refractivity contribution in [1.82, 2.24) is 0 Å². The lowest BCUT2D eigenvalue weighted by molar-refractivity contribution is 0.492. The Hall–Kier alpha value is -1.01. The molecule has 0 aromatic heterocycles. The number of rotatable bonds is 2.